The van der Waals surface area contributed by atoms with Crippen LogP contribution in [0.3, 0.4) is 0 Å². The standard InChI is InChI=1S/C14H27NO2/c1-4-6-7-8-9-15-10-14(5-2)11-16-13(15,3)17-12-14/h4-12H2,1-3H3. The van der Waals surface area contributed by atoms with E-state index in [2.05, 4.69) is 25.7 Å². The second-order valence-electron chi connectivity index (χ2n) is 5.81. The second kappa shape index (κ2) is 5.25. The van der Waals surface area contributed by atoms with E-state index in [-0.39, 0.29) is 5.41 Å². The molecule has 0 aromatic heterocycles. The number of ether oxygens (including phenoxy) is 2. The number of fused-ring (bicyclic) bond motifs is 3. The molecule has 3 aliphatic heterocycles. The smallest absolute Gasteiger partial charge is 0.227 e. The number of hydrogen-bond donors (Lipinski definition) is 0. The molecule has 3 rings (SSSR count). The minimum Gasteiger partial charge on any atom is -0.337 e. The van der Waals surface area contributed by atoms with E-state index in [9.17, 15) is 0 Å². The van der Waals surface area contributed by atoms with Gasteiger partial charge in [-0.2, -0.15) is 0 Å². The summed E-state index contributed by atoms with van der Waals surface area (Å²) in [4.78, 5) is 2.40. The first-order chi connectivity index (χ1) is 8.14. The topological polar surface area (TPSA) is 21.7 Å². The van der Waals surface area contributed by atoms with Gasteiger partial charge in [0.2, 0.25) is 5.91 Å². The summed E-state index contributed by atoms with van der Waals surface area (Å²) in [6, 6.07) is 0. The average molecular weight is 241 g/mol. The van der Waals surface area contributed by atoms with E-state index in [1.54, 1.807) is 0 Å². The summed E-state index contributed by atoms with van der Waals surface area (Å²) < 4.78 is 11.9. The highest BCUT2D eigenvalue weighted by Gasteiger charge is 2.52. The Kier molecular flexibility index (Phi) is 4.11. The maximum atomic E-state index is 5.93. The lowest BCUT2D eigenvalue weighted by atomic mass is 9.83. The summed E-state index contributed by atoms with van der Waals surface area (Å²) in [6.45, 7) is 10.6. The Morgan fingerprint density at radius 1 is 1.06 bits per heavy atom. The zero-order valence-electron chi connectivity index (χ0n) is 11.6. The quantitative estimate of drug-likeness (QED) is 0.667. The summed E-state index contributed by atoms with van der Waals surface area (Å²) in [7, 11) is 0. The van der Waals surface area contributed by atoms with Crippen LogP contribution in [0.5, 0.6) is 0 Å². The fraction of sp³-hybridized carbons (Fsp3) is 1.00. The van der Waals surface area contributed by atoms with E-state index in [1.165, 1.54) is 25.7 Å². The minimum atomic E-state index is -0.441. The van der Waals surface area contributed by atoms with Crippen molar-refractivity contribution in [2.24, 2.45) is 5.41 Å². The molecule has 3 fully saturated rings. The van der Waals surface area contributed by atoms with Crippen LogP contribution in [-0.2, 0) is 9.47 Å². The van der Waals surface area contributed by atoms with Crippen molar-refractivity contribution in [1.29, 1.82) is 0 Å². The Morgan fingerprint density at radius 2 is 1.76 bits per heavy atom. The van der Waals surface area contributed by atoms with Crippen LogP contribution >= 0.6 is 0 Å². The van der Waals surface area contributed by atoms with Gasteiger partial charge in [-0.25, -0.2) is 0 Å². The van der Waals surface area contributed by atoms with Gasteiger partial charge in [0.25, 0.3) is 0 Å². The van der Waals surface area contributed by atoms with Gasteiger partial charge in [-0.15, -0.1) is 0 Å². The highest BCUT2D eigenvalue weighted by molar-refractivity contribution is 4.93. The molecule has 0 aromatic carbocycles. The Labute approximate surface area is 105 Å². The molecule has 0 radical (unpaired) electrons. The molecule has 3 aliphatic rings. The van der Waals surface area contributed by atoms with Crippen molar-refractivity contribution < 1.29 is 9.47 Å². The van der Waals surface area contributed by atoms with Gasteiger partial charge in [-0.3, -0.25) is 4.90 Å². The second-order valence-corrected chi connectivity index (χ2v) is 5.81. The molecule has 3 heteroatoms. The van der Waals surface area contributed by atoms with E-state index in [1.807, 2.05) is 0 Å². The molecule has 0 atom stereocenters. The van der Waals surface area contributed by atoms with Gasteiger partial charge in [0.1, 0.15) is 0 Å². The fourth-order valence-electron chi connectivity index (χ4n) is 2.81. The maximum absolute atomic E-state index is 5.93. The molecule has 17 heavy (non-hydrogen) atoms. The zero-order valence-corrected chi connectivity index (χ0v) is 11.6. The van der Waals surface area contributed by atoms with Crippen LogP contribution in [0.2, 0.25) is 0 Å². The summed E-state index contributed by atoms with van der Waals surface area (Å²) in [5, 5.41) is 0. The Balaban J connectivity index is 1.88. The molecule has 0 spiro atoms. The van der Waals surface area contributed by atoms with Crippen molar-refractivity contribution in [2.45, 2.75) is 58.8 Å². The molecule has 0 amide bonds. The summed E-state index contributed by atoms with van der Waals surface area (Å²) in [5.74, 6) is -0.441. The number of hydrogen-bond acceptors (Lipinski definition) is 3. The molecule has 0 aliphatic carbocycles. The van der Waals surface area contributed by atoms with Crippen molar-refractivity contribution >= 4 is 0 Å². The van der Waals surface area contributed by atoms with E-state index in [4.69, 9.17) is 9.47 Å². The van der Waals surface area contributed by atoms with Crippen molar-refractivity contribution in [3.05, 3.63) is 0 Å². The molecule has 0 aromatic rings. The van der Waals surface area contributed by atoms with Crippen molar-refractivity contribution in [1.82, 2.24) is 4.90 Å². The summed E-state index contributed by atoms with van der Waals surface area (Å²) >= 11 is 0. The van der Waals surface area contributed by atoms with Gasteiger partial charge >= 0.3 is 0 Å². The molecule has 3 nitrogen and oxygen atoms in total. The normalized spacial score (nSPS) is 37.6. The van der Waals surface area contributed by atoms with Crippen molar-refractivity contribution in [3.8, 4) is 0 Å². The summed E-state index contributed by atoms with van der Waals surface area (Å²) in [6.07, 6.45) is 6.36. The first kappa shape index (κ1) is 13.3. The van der Waals surface area contributed by atoms with Crippen molar-refractivity contribution in [2.75, 3.05) is 26.3 Å². The van der Waals surface area contributed by atoms with Gasteiger partial charge < -0.3 is 9.47 Å². The highest BCUT2D eigenvalue weighted by atomic mass is 16.7. The largest absolute Gasteiger partial charge is 0.337 e. The number of unbranched alkanes of at least 4 members (excludes halogenated alkanes) is 3. The third-order valence-corrected chi connectivity index (χ3v) is 4.42. The van der Waals surface area contributed by atoms with Gasteiger partial charge in [-0.1, -0.05) is 33.1 Å². The minimum absolute atomic E-state index is 0.252. The van der Waals surface area contributed by atoms with Crippen LogP contribution in [0.15, 0.2) is 0 Å². The van der Waals surface area contributed by atoms with Crippen LogP contribution in [-0.4, -0.2) is 37.1 Å². The van der Waals surface area contributed by atoms with Crippen LogP contribution in [0.1, 0.15) is 52.9 Å². The predicted molar refractivity (Wildman–Crippen MR) is 68.7 cm³/mol. The molecule has 3 saturated heterocycles. The van der Waals surface area contributed by atoms with Gasteiger partial charge in [0, 0.05) is 25.4 Å². The number of rotatable bonds is 6. The van der Waals surface area contributed by atoms with Crippen LogP contribution in [0.4, 0.5) is 0 Å². The fourth-order valence-corrected chi connectivity index (χ4v) is 2.81. The van der Waals surface area contributed by atoms with E-state index in [0.29, 0.717) is 0 Å². The van der Waals surface area contributed by atoms with Crippen LogP contribution in [0.25, 0.3) is 0 Å². The van der Waals surface area contributed by atoms with E-state index in [0.717, 1.165) is 32.7 Å². The lowest BCUT2D eigenvalue weighted by molar-refractivity contribution is -0.401. The molecule has 0 unspecified atom stereocenters. The van der Waals surface area contributed by atoms with Crippen molar-refractivity contribution in [3.63, 3.8) is 0 Å². The first-order valence-corrected chi connectivity index (χ1v) is 7.17. The molecule has 100 valence electrons. The Hall–Kier alpha value is -0.120. The molecular formula is C14H27NO2. The lowest BCUT2D eigenvalue weighted by Gasteiger charge is -2.57. The third-order valence-electron chi connectivity index (χ3n) is 4.42. The number of nitrogens with zero attached hydrogens (tertiary/aromatic N) is 1. The molecule has 2 bridgehead atoms. The van der Waals surface area contributed by atoms with Gasteiger partial charge in [0.15, 0.2) is 0 Å². The molecule has 3 heterocycles. The molecule has 0 saturated carbocycles. The Bertz CT molecular complexity index is 247. The maximum Gasteiger partial charge on any atom is 0.227 e. The van der Waals surface area contributed by atoms with E-state index >= 15 is 0 Å². The first-order valence-electron chi connectivity index (χ1n) is 7.17. The summed E-state index contributed by atoms with van der Waals surface area (Å²) in [5.41, 5.74) is 0.252. The molecular weight excluding hydrogens is 214 g/mol. The van der Waals surface area contributed by atoms with E-state index < -0.39 is 5.91 Å². The molecule has 0 N–H and O–H groups in total. The average Bonchev–Trinajstić information content (AvgIpc) is 2.36. The highest BCUT2D eigenvalue weighted by Crippen LogP contribution is 2.42. The SMILES string of the molecule is CCCCCCN1CC2(CC)COC1(C)OC2. The van der Waals surface area contributed by atoms with Crippen LogP contribution in [0, 0.1) is 5.41 Å². The third kappa shape index (κ3) is 2.67. The van der Waals surface area contributed by atoms with Gasteiger partial charge in [-0.05, 0) is 12.8 Å². The monoisotopic (exact) mass is 241 g/mol. The van der Waals surface area contributed by atoms with Gasteiger partial charge in [0.05, 0.1) is 13.2 Å². The Morgan fingerprint density at radius 3 is 2.35 bits per heavy atom. The lowest BCUT2D eigenvalue weighted by Crippen LogP contribution is -2.67. The zero-order chi connectivity index (χ0) is 12.4. The predicted octanol–water partition coefficient (Wildman–Crippen LogP) is 3.00. The van der Waals surface area contributed by atoms with Crippen LogP contribution < -0.4 is 0 Å².